The molecular weight excluding hydrogens is 275 g/mol. The van der Waals surface area contributed by atoms with Gasteiger partial charge in [-0.3, -0.25) is 4.68 Å². The van der Waals surface area contributed by atoms with E-state index in [1.54, 1.807) is 41.3 Å². The van der Waals surface area contributed by atoms with Gasteiger partial charge in [-0.1, -0.05) is 29.3 Å². The molecule has 1 atom stereocenters. The van der Waals surface area contributed by atoms with E-state index in [2.05, 4.69) is 5.10 Å². The summed E-state index contributed by atoms with van der Waals surface area (Å²) in [6.45, 7) is 0.457. The van der Waals surface area contributed by atoms with Gasteiger partial charge in [0.25, 0.3) is 0 Å². The summed E-state index contributed by atoms with van der Waals surface area (Å²) in [5.74, 6) is 0.389. The van der Waals surface area contributed by atoms with Crippen LogP contribution < -0.4 is 4.74 Å². The number of aromatic nitrogens is 2. The summed E-state index contributed by atoms with van der Waals surface area (Å²) < 4.78 is 7.05. The minimum absolute atomic E-state index is 0.101. The number of hydrogen-bond acceptors (Lipinski definition) is 3. The molecule has 0 spiro atoms. The summed E-state index contributed by atoms with van der Waals surface area (Å²) in [6.07, 6.45) is 2.74. The van der Waals surface area contributed by atoms with Gasteiger partial charge in [0.2, 0.25) is 0 Å². The highest BCUT2D eigenvalue weighted by Crippen LogP contribution is 2.32. The number of halogens is 2. The van der Waals surface area contributed by atoms with Gasteiger partial charge in [0.05, 0.1) is 16.6 Å². The maximum atomic E-state index is 9.79. The fourth-order valence-corrected chi connectivity index (χ4v) is 1.98. The Labute approximate surface area is 115 Å². The van der Waals surface area contributed by atoms with Crippen LogP contribution >= 0.6 is 23.2 Å². The molecular formula is C12H12Cl2N2O2. The Morgan fingerprint density at radius 2 is 2.00 bits per heavy atom. The molecule has 18 heavy (non-hydrogen) atoms. The summed E-state index contributed by atoms with van der Waals surface area (Å²) in [4.78, 5) is 0. The van der Waals surface area contributed by atoms with Crippen molar-refractivity contribution in [1.29, 1.82) is 0 Å². The van der Waals surface area contributed by atoms with Crippen LogP contribution in [0.1, 0.15) is 0 Å². The zero-order chi connectivity index (χ0) is 13.0. The van der Waals surface area contributed by atoms with E-state index in [0.29, 0.717) is 22.3 Å². The van der Waals surface area contributed by atoms with Crippen molar-refractivity contribution in [3.63, 3.8) is 0 Å². The number of rotatable bonds is 5. The van der Waals surface area contributed by atoms with Crippen molar-refractivity contribution in [2.45, 2.75) is 12.6 Å². The van der Waals surface area contributed by atoms with Crippen LogP contribution in [0.2, 0.25) is 10.0 Å². The minimum atomic E-state index is -0.683. The van der Waals surface area contributed by atoms with Gasteiger partial charge >= 0.3 is 0 Å². The Bertz CT molecular complexity index is 483. The molecule has 6 heteroatoms. The third kappa shape index (κ3) is 3.38. The molecule has 0 saturated heterocycles. The van der Waals surface area contributed by atoms with Gasteiger partial charge in [-0.15, -0.1) is 0 Å². The highest BCUT2D eigenvalue weighted by atomic mass is 35.5. The van der Waals surface area contributed by atoms with Crippen molar-refractivity contribution in [2.24, 2.45) is 0 Å². The maximum absolute atomic E-state index is 9.79. The highest BCUT2D eigenvalue weighted by molar-refractivity contribution is 6.37. The van der Waals surface area contributed by atoms with E-state index in [9.17, 15) is 5.11 Å². The van der Waals surface area contributed by atoms with Gasteiger partial charge in [0, 0.05) is 12.4 Å². The Morgan fingerprint density at radius 3 is 2.61 bits per heavy atom. The predicted octanol–water partition coefficient (Wildman–Crippen LogP) is 2.63. The zero-order valence-electron chi connectivity index (χ0n) is 9.46. The molecule has 1 N–H and O–H groups in total. The third-order valence-electron chi connectivity index (χ3n) is 2.30. The SMILES string of the molecule is OC(COc1c(Cl)cccc1Cl)Cn1cccn1. The average Bonchev–Trinajstić information content (AvgIpc) is 2.81. The van der Waals surface area contributed by atoms with Crippen LogP contribution in [0.5, 0.6) is 5.75 Å². The third-order valence-corrected chi connectivity index (χ3v) is 2.89. The average molecular weight is 287 g/mol. The van der Waals surface area contributed by atoms with Crippen molar-refractivity contribution in [1.82, 2.24) is 9.78 Å². The van der Waals surface area contributed by atoms with Crippen LogP contribution in [0.25, 0.3) is 0 Å². The van der Waals surface area contributed by atoms with Gasteiger partial charge in [0.15, 0.2) is 5.75 Å². The first-order chi connectivity index (χ1) is 8.66. The smallest absolute Gasteiger partial charge is 0.156 e. The highest BCUT2D eigenvalue weighted by Gasteiger charge is 2.11. The Morgan fingerprint density at radius 1 is 1.28 bits per heavy atom. The number of benzene rings is 1. The summed E-state index contributed by atoms with van der Waals surface area (Å²) in [7, 11) is 0. The largest absolute Gasteiger partial charge is 0.488 e. The molecule has 1 aromatic heterocycles. The molecule has 0 fully saturated rings. The van der Waals surface area contributed by atoms with Crippen LogP contribution in [-0.2, 0) is 6.54 Å². The second-order valence-electron chi connectivity index (χ2n) is 3.74. The van der Waals surface area contributed by atoms with Crippen molar-refractivity contribution in [2.75, 3.05) is 6.61 Å². The second kappa shape index (κ2) is 6.09. The standard InChI is InChI=1S/C12H12Cl2N2O2/c13-10-3-1-4-11(14)12(10)18-8-9(17)7-16-6-2-5-15-16/h1-6,9,17H,7-8H2. The molecule has 2 aromatic rings. The summed E-state index contributed by atoms with van der Waals surface area (Å²) in [5.41, 5.74) is 0. The lowest BCUT2D eigenvalue weighted by atomic mass is 10.3. The molecule has 4 nitrogen and oxygen atoms in total. The van der Waals surface area contributed by atoms with Crippen molar-refractivity contribution in [3.05, 3.63) is 46.7 Å². The van der Waals surface area contributed by atoms with Gasteiger partial charge in [-0.05, 0) is 18.2 Å². The number of aliphatic hydroxyl groups is 1. The number of nitrogens with zero attached hydrogens (tertiary/aromatic N) is 2. The summed E-state index contributed by atoms with van der Waals surface area (Å²) >= 11 is 11.9. The molecule has 0 aliphatic rings. The molecule has 1 unspecified atom stereocenters. The number of ether oxygens (including phenoxy) is 1. The van der Waals surface area contributed by atoms with Gasteiger partial charge in [-0.2, -0.15) is 5.10 Å². The van der Waals surface area contributed by atoms with Crippen molar-refractivity contribution >= 4 is 23.2 Å². The van der Waals surface area contributed by atoms with Gasteiger partial charge in [-0.25, -0.2) is 0 Å². The van der Waals surface area contributed by atoms with E-state index in [4.69, 9.17) is 27.9 Å². The molecule has 0 bridgehead atoms. The first kappa shape index (κ1) is 13.2. The monoisotopic (exact) mass is 286 g/mol. The fourth-order valence-electron chi connectivity index (χ4n) is 1.48. The normalized spacial score (nSPS) is 12.4. The second-order valence-corrected chi connectivity index (χ2v) is 4.56. The van der Waals surface area contributed by atoms with Crippen LogP contribution in [0.3, 0.4) is 0 Å². The molecule has 1 aromatic carbocycles. The fraction of sp³-hybridized carbons (Fsp3) is 0.250. The number of aliphatic hydroxyl groups excluding tert-OH is 1. The van der Waals surface area contributed by atoms with Crippen LogP contribution in [0.4, 0.5) is 0 Å². The zero-order valence-corrected chi connectivity index (χ0v) is 11.0. The molecule has 1 heterocycles. The Balaban J connectivity index is 1.91. The number of hydrogen-bond donors (Lipinski definition) is 1. The van der Waals surface area contributed by atoms with E-state index in [1.165, 1.54) is 0 Å². The quantitative estimate of drug-likeness (QED) is 0.919. The van der Waals surface area contributed by atoms with Crippen molar-refractivity contribution in [3.8, 4) is 5.75 Å². The van der Waals surface area contributed by atoms with Gasteiger partial charge in [0.1, 0.15) is 12.7 Å². The Hall–Kier alpha value is -1.23. The number of para-hydroxylation sites is 1. The van der Waals surface area contributed by atoms with E-state index >= 15 is 0 Å². The first-order valence-corrected chi connectivity index (χ1v) is 6.14. The van der Waals surface area contributed by atoms with E-state index in [0.717, 1.165) is 0 Å². The molecule has 0 radical (unpaired) electrons. The van der Waals surface area contributed by atoms with Crippen LogP contribution in [-0.4, -0.2) is 27.6 Å². The Kier molecular flexibility index (Phi) is 4.47. The first-order valence-electron chi connectivity index (χ1n) is 5.39. The van der Waals surface area contributed by atoms with Crippen LogP contribution in [0.15, 0.2) is 36.7 Å². The molecule has 2 rings (SSSR count). The molecule has 0 saturated carbocycles. The minimum Gasteiger partial charge on any atom is -0.488 e. The molecule has 0 amide bonds. The molecule has 0 aliphatic heterocycles. The maximum Gasteiger partial charge on any atom is 0.156 e. The van der Waals surface area contributed by atoms with Crippen molar-refractivity contribution < 1.29 is 9.84 Å². The van der Waals surface area contributed by atoms with Crippen LogP contribution in [0, 0.1) is 0 Å². The van der Waals surface area contributed by atoms with Gasteiger partial charge < -0.3 is 9.84 Å². The van der Waals surface area contributed by atoms with E-state index in [1.807, 2.05) is 0 Å². The topological polar surface area (TPSA) is 47.3 Å². The lowest BCUT2D eigenvalue weighted by Gasteiger charge is -2.14. The van der Waals surface area contributed by atoms with E-state index in [-0.39, 0.29) is 6.61 Å². The lowest BCUT2D eigenvalue weighted by Crippen LogP contribution is -2.24. The molecule has 0 aliphatic carbocycles. The van der Waals surface area contributed by atoms with E-state index < -0.39 is 6.10 Å². The summed E-state index contributed by atoms with van der Waals surface area (Å²) in [5, 5.41) is 14.6. The predicted molar refractivity (Wildman–Crippen MR) is 70.2 cm³/mol. The summed E-state index contributed by atoms with van der Waals surface area (Å²) in [6, 6.07) is 6.89. The lowest BCUT2D eigenvalue weighted by molar-refractivity contribution is 0.0894. The molecule has 96 valence electrons.